The summed E-state index contributed by atoms with van der Waals surface area (Å²) in [6.45, 7) is 5.57. The van der Waals surface area contributed by atoms with Crippen LogP contribution in [0.2, 0.25) is 0 Å². The highest BCUT2D eigenvalue weighted by Crippen LogP contribution is 2.18. The van der Waals surface area contributed by atoms with E-state index in [1.807, 2.05) is 0 Å². The summed E-state index contributed by atoms with van der Waals surface area (Å²) in [6.07, 6.45) is 7.52. The van der Waals surface area contributed by atoms with E-state index in [-0.39, 0.29) is 0 Å². The summed E-state index contributed by atoms with van der Waals surface area (Å²) >= 11 is 0. The molecule has 0 fully saturated rings. The number of benzene rings is 1. The molecule has 2 nitrogen and oxygen atoms in total. The number of rotatable bonds is 7. The Morgan fingerprint density at radius 3 is 2.61 bits per heavy atom. The van der Waals surface area contributed by atoms with Crippen LogP contribution in [0.1, 0.15) is 51.8 Å². The molecule has 0 amide bonds. The molecule has 1 aromatic carbocycles. The smallest absolute Gasteiger partial charge is 0.109 e. The molecule has 0 aliphatic heterocycles. The first-order valence-electron chi connectivity index (χ1n) is 7.31. The molecule has 0 saturated carbocycles. The fourth-order valence-corrected chi connectivity index (χ4v) is 2.50. The lowest BCUT2D eigenvalue weighted by atomic mass is 10.1. The van der Waals surface area contributed by atoms with Crippen LogP contribution in [0.25, 0.3) is 11.0 Å². The average Bonchev–Trinajstić information content (AvgIpc) is 2.74. The Balaban J connectivity index is 2.17. The van der Waals surface area contributed by atoms with Crippen molar-refractivity contribution in [2.75, 3.05) is 0 Å². The number of fused-ring (bicyclic) bond motifs is 1. The van der Waals surface area contributed by atoms with E-state index in [0.29, 0.717) is 0 Å². The SMILES string of the molecule is CCCCCCc1nc2ccccc2n1CCC. The summed E-state index contributed by atoms with van der Waals surface area (Å²) in [6, 6.07) is 8.49. The van der Waals surface area contributed by atoms with Crippen molar-refractivity contribution in [3.05, 3.63) is 30.1 Å². The van der Waals surface area contributed by atoms with Gasteiger partial charge in [-0.05, 0) is 25.0 Å². The van der Waals surface area contributed by atoms with Crippen LogP contribution in [-0.2, 0) is 13.0 Å². The number of para-hydroxylation sites is 2. The van der Waals surface area contributed by atoms with Gasteiger partial charge in [0.1, 0.15) is 5.82 Å². The molecule has 0 radical (unpaired) electrons. The van der Waals surface area contributed by atoms with Crippen LogP contribution >= 0.6 is 0 Å². The van der Waals surface area contributed by atoms with Gasteiger partial charge in [-0.2, -0.15) is 0 Å². The zero-order valence-electron chi connectivity index (χ0n) is 11.7. The van der Waals surface area contributed by atoms with Gasteiger partial charge in [0.15, 0.2) is 0 Å². The van der Waals surface area contributed by atoms with Crippen molar-refractivity contribution in [1.29, 1.82) is 0 Å². The number of imidazole rings is 1. The zero-order valence-corrected chi connectivity index (χ0v) is 11.7. The van der Waals surface area contributed by atoms with Gasteiger partial charge in [-0.15, -0.1) is 0 Å². The third-order valence-electron chi connectivity index (χ3n) is 3.43. The van der Waals surface area contributed by atoms with Crippen LogP contribution in [0, 0.1) is 0 Å². The van der Waals surface area contributed by atoms with E-state index in [1.54, 1.807) is 0 Å². The second-order valence-corrected chi connectivity index (χ2v) is 4.98. The standard InChI is InChI=1S/C16H24N2/c1-3-5-6-7-12-16-17-14-10-8-9-11-15(14)18(16)13-4-2/h8-11H,3-7,12-13H2,1-2H3. The van der Waals surface area contributed by atoms with Crippen molar-refractivity contribution >= 4 is 11.0 Å². The number of hydrogen-bond acceptors (Lipinski definition) is 1. The van der Waals surface area contributed by atoms with Gasteiger partial charge in [-0.25, -0.2) is 4.98 Å². The normalized spacial score (nSPS) is 11.2. The van der Waals surface area contributed by atoms with Crippen molar-refractivity contribution in [2.45, 2.75) is 58.9 Å². The van der Waals surface area contributed by atoms with Gasteiger partial charge < -0.3 is 4.57 Å². The first-order valence-corrected chi connectivity index (χ1v) is 7.31. The number of unbranched alkanes of at least 4 members (excludes halogenated alkanes) is 3. The number of aryl methyl sites for hydroxylation is 2. The third kappa shape index (κ3) is 2.92. The maximum atomic E-state index is 4.79. The lowest BCUT2D eigenvalue weighted by Crippen LogP contribution is -2.03. The molecule has 18 heavy (non-hydrogen) atoms. The monoisotopic (exact) mass is 244 g/mol. The highest BCUT2D eigenvalue weighted by Gasteiger charge is 2.08. The van der Waals surface area contributed by atoms with Crippen LogP contribution in [0.3, 0.4) is 0 Å². The van der Waals surface area contributed by atoms with Gasteiger partial charge in [0, 0.05) is 13.0 Å². The van der Waals surface area contributed by atoms with Crippen LogP contribution in [-0.4, -0.2) is 9.55 Å². The lowest BCUT2D eigenvalue weighted by Gasteiger charge is -2.07. The van der Waals surface area contributed by atoms with Gasteiger partial charge in [0.25, 0.3) is 0 Å². The van der Waals surface area contributed by atoms with Crippen molar-refractivity contribution < 1.29 is 0 Å². The molecule has 0 spiro atoms. The Morgan fingerprint density at radius 2 is 1.83 bits per heavy atom. The van der Waals surface area contributed by atoms with Gasteiger partial charge in [-0.1, -0.05) is 45.2 Å². The second-order valence-electron chi connectivity index (χ2n) is 4.98. The molecule has 98 valence electrons. The van der Waals surface area contributed by atoms with Crippen molar-refractivity contribution in [3.63, 3.8) is 0 Å². The molecule has 0 saturated heterocycles. The highest BCUT2D eigenvalue weighted by atomic mass is 15.1. The first kappa shape index (κ1) is 13.1. The fourth-order valence-electron chi connectivity index (χ4n) is 2.50. The average molecular weight is 244 g/mol. The Bertz CT molecular complexity index is 485. The van der Waals surface area contributed by atoms with Gasteiger partial charge in [0.2, 0.25) is 0 Å². The molecule has 1 aromatic heterocycles. The predicted molar refractivity (Wildman–Crippen MR) is 77.9 cm³/mol. The van der Waals surface area contributed by atoms with Crippen molar-refractivity contribution in [1.82, 2.24) is 9.55 Å². The number of nitrogens with zero attached hydrogens (tertiary/aromatic N) is 2. The summed E-state index contributed by atoms with van der Waals surface area (Å²) in [5, 5.41) is 0. The van der Waals surface area contributed by atoms with E-state index >= 15 is 0 Å². The van der Waals surface area contributed by atoms with E-state index in [2.05, 4.69) is 42.7 Å². The van der Waals surface area contributed by atoms with Crippen LogP contribution in [0.5, 0.6) is 0 Å². The molecule has 1 heterocycles. The van der Waals surface area contributed by atoms with E-state index in [9.17, 15) is 0 Å². The molecule has 2 heteroatoms. The molecular formula is C16H24N2. The summed E-state index contributed by atoms with van der Waals surface area (Å²) in [5.41, 5.74) is 2.45. The van der Waals surface area contributed by atoms with E-state index in [4.69, 9.17) is 4.98 Å². The van der Waals surface area contributed by atoms with Crippen LogP contribution in [0.15, 0.2) is 24.3 Å². The predicted octanol–water partition coefficient (Wildman–Crippen LogP) is 4.57. The minimum Gasteiger partial charge on any atom is -0.328 e. The molecule has 0 N–H and O–H groups in total. The summed E-state index contributed by atoms with van der Waals surface area (Å²) in [5.74, 6) is 1.27. The molecule has 0 atom stereocenters. The van der Waals surface area contributed by atoms with Crippen molar-refractivity contribution in [3.8, 4) is 0 Å². The molecule has 0 unspecified atom stereocenters. The van der Waals surface area contributed by atoms with E-state index in [1.165, 1.54) is 43.4 Å². The summed E-state index contributed by atoms with van der Waals surface area (Å²) < 4.78 is 2.40. The highest BCUT2D eigenvalue weighted by molar-refractivity contribution is 5.75. The van der Waals surface area contributed by atoms with E-state index < -0.39 is 0 Å². The quantitative estimate of drug-likeness (QED) is 0.652. The maximum Gasteiger partial charge on any atom is 0.109 e. The zero-order chi connectivity index (χ0) is 12.8. The summed E-state index contributed by atoms with van der Waals surface area (Å²) in [4.78, 5) is 4.79. The summed E-state index contributed by atoms with van der Waals surface area (Å²) in [7, 11) is 0. The van der Waals surface area contributed by atoms with Gasteiger partial charge in [-0.3, -0.25) is 0 Å². The van der Waals surface area contributed by atoms with Gasteiger partial charge >= 0.3 is 0 Å². The molecule has 0 aliphatic carbocycles. The topological polar surface area (TPSA) is 17.8 Å². The Labute approximate surface area is 110 Å². The third-order valence-corrected chi connectivity index (χ3v) is 3.43. The molecule has 0 bridgehead atoms. The minimum absolute atomic E-state index is 1.09. The minimum atomic E-state index is 1.09. The molecule has 2 aromatic rings. The Kier molecular flexibility index (Phi) is 4.80. The number of aromatic nitrogens is 2. The first-order chi connectivity index (χ1) is 8.86. The van der Waals surface area contributed by atoms with Crippen LogP contribution in [0.4, 0.5) is 0 Å². The molecule has 0 aliphatic rings. The number of hydrogen-bond donors (Lipinski definition) is 0. The Hall–Kier alpha value is -1.31. The Morgan fingerprint density at radius 1 is 1.00 bits per heavy atom. The molecular weight excluding hydrogens is 220 g/mol. The van der Waals surface area contributed by atoms with Crippen molar-refractivity contribution in [2.24, 2.45) is 0 Å². The maximum absolute atomic E-state index is 4.79. The lowest BCUT2D eigenvalue weighted by molar-refractivity contribution is 0.607. The second kappa shape index (κ2) is 6.58. The fraction of sp³-hybridized carbons (Fsp3) is 0.562. The van der Waals surface area contributed by atoms with Gasteiger partial charge in [0.05, 0.1) is 11.0 Å². The van der Waals surface area contributed by atoms with E-state index in [0.717, 1.165) is 18.5 Å². The molecule has 2 rings (SSSR count). The van der Waals surface area contributed by atoms with Crippen LogP contribution < -0.4 is 0 Å². The largest absolute Gasteiger partial charge is 0.328 e.